The average Bonchev–Trinajstić information content (AvgIpc) is 3.65. The molecule has 8 heteroatoms. The number of nitrogens with zero attached hydrogens (tertiary/aromatic N) is 2. The molecule has 0 N–H and O–H groups in total. The molecule has 0 unspecified atom stereocenters. The predicted molar refractivity (Wildman–Crippen MR) is 195 cm³/mol. The van der Waals surface area contributed by atoms with Crippen LogP contribution in [-0.2, 0) is 31.1 Å². The van der Waals surface area contributed by atoms with E-state index < -0.39 is 5.41 Å². The number of ether oxygens (including phenoxy) is 4. The molecule has 8 nitrogen and oxygen atoms in total. The molecular formula is C42H52N2O6. The van der Waals surface area contributed by atoms with Crippen molar-refractivity contribution in [3.63, 3.8) is 0 Å². The summed E-state index contributed by atoms with van der Waals surface area (Å²) in [5.74, 6) is 1.83. The predicted octanol–water partition coefficient (Wildman–Crippen LogP) is 7.70. The van der Waals surface area contributed by atoms with E-state index >= 15 is 0 Å². The Bertz CT molecular complexity index is 1610. The van der Waals surface area contributed by atoms with Crippen LogP contribution in [0.25, 0.3) is 0 Å². The van der Waals surface area contributed by atoms with Gasteiger partial charge in [0.25, 0.3) is 0 Å². The van der Waals surface area contributed by atoms with Gasteiger partial charge in [0.1, 0.15) is 18.1 Å². The van der Waals surface area contributed by atoms with E-state index in [1.54, 1.807) is 13.4 Å². The second-order valence-electron chi connectivity index (χ2n) is 13.9. The number of anilines is 1. The number of esters is 1. The first-order chi connectivity index (χ1) is 24.5. The fourth-order valence-electron chi connectivity index (χ4n) is 8.51. The Morgan fingerprint density at radius 2 is 1.58 bits per heavy atom. The summed E-state index contributed by atoms with van der Waals surface area (Å²) in [4.78, 5) is 32.0. The van der Waals surface area contributed by atoms with Crippen molar-refractivity contribution >= 4 is 17.6 Å². The number of benzene rings is 3. The number of para-hydroxylation sites is 1. The van der Waals surface area contributed by atoms with Crippen LogP contribution in [0.15, 0.2) is 90.7 Å². The van der Waals surface area contributed by atoms with E-state index in [1.807, 2.05) is 48.5 Å². The molecule has 1 amide bonds. The zero-order valence-corrected chi connectivity index (χ0v) is 29.9. The summed E-state index contributed by atoms with van der Waals surface area (Å²) < 4.78 is 22.4. The van der Waals surface area contributed by atoms with Crippen LogP contribution in [0.2, 0.25) is 0 Å². The number of methoxy groups -OCH3 is 2. The first-order valence-corrected chi connectivity index (χ1v) is 18.4. The van der Waals surface area contributed by atoms with Gasteiger partial charge in [-0.1, -0.05) is 81.1 Å². The number of carbonyl (C=O) groups excluding carboxylic acids is 2. The summed E-state index contributed by atoms with van der Waals surface area (Å²) in [6, 6.07) is 26.4. The summed E-state index contributed by atoms with van der Waals surface area (Å²) in [5, 5.41) is 0. The Labute approximate surface area is 297 Å². The summed E-state index contributed by atoms with van der Waals surface area (Å²) in [5.41, 5.74) is 3.33. The molecule has 2 fully saturated rings. The van der Waals surface area contributed by atoms with Gasteiger partial charge < -0.3 is 23.8 Å². The molecule has 3 heterocycles. The zero-order chi connectivity index (χ0) is 34.9. The third-order valence-corrected chi connectivity index (χ3v) is 11.1. The Morgan fingerprint density at radius 3 is 2.32 bits per heavy atom. The van der Waals surface area contributed by atoms with E-state index in [-0.39, 0.29) is 23.8 Å². The quantitative estimate of drug-likeness (QED) is 0.0664. The second kappa shape index (κ2) is 16.6. The van der Waals surface area contributed by atoms with Gasteiger partial charge in [0.2, 0.25) is 5.91 Å². The molecule has 1 spiro atoms. The van der Waals surface area contributed by atoms with Gasteiger partial charge in [0.15, 0.2) is 0 Å². The lowest BCUT2D eigenvalue weighted by Gasteiger charge is -2.45. The third-order valence-electron chi connectivity index (χ3n) is 11.1. The summed E-state index contributed by atoms with van der Waals surface area (Å²) in [6.07, 6.45) is 9.22. The summed E-state index contributed by atoms with van der Waals surface area (Å²) in [7, 11) is 2.99. The third kappa shape index (κ3) is 7.41. The molecule has 0 aliphatic carbocycles. The second-order valence-corrected chi connectivity index (χ2v) is 13.9. The van der Waals surface area contributed by atoms with Crippen LogP contribution in [0.3, 0.4) is 0 Å². The van der Waals surface area contributed by atoms with Crippen LogP contribution < -0.4 is 14.4 Å². The monoisotopic (exact) mass is 680 g/mol. The van der Waals surface area contributed by atoms with Crippen LogP contribution in [0, 0.1) is 11.8 Å². The van der Waals surface area contributed by atoms with E-state index in [2.05, 4.69) is 47.1 Å². The molecule has 3 aliphatic rings. The number of rotatable bonds is 16. The van der Waals surface area contributed by atoms with Gasteiger partial charge in [-0.15, -0.1) is 0 Å². The fraction of sp³-hybridized carbons (Fsp3) is 0.476. The van der Waals surface area contributed by atoms with E-state index in [0.29, 0.717) is 24.7 Å². The molecule has 6 rings (SSSR count). The highest BCUT2D eigenvalue weighted by atomic mass is 16.5. The molecule has 266 valence electrons. The largest absolute Gasteiger partial charge is 0.504 e. The SMILES string of the molecule is CC[C@H]1CN2CC[C@]3(C(=O)N(CCCCCCCOc4ccc(OCc5ccccc5)cc4)c4ccccc43)[C@@H]2C[C@@H]1/C(=C\OC)C(=O)OC. The van der Waals surface area contributed by atoms with E-state index in [9.17, 15) is 9.59 Å². The highest BCUT2D eigenvalue weighted by molar-refractivity contribution is 6.09. The number of amides is 1. The van der Waals surface area contributed by atoms with Gasteiger partial charge in [-0.3, -0.25) is 9.69 Å². The Balaban J connectivity index is 0.992. The highest BCUT2D eigenvalue weighted by Gasteiger charge is 2.62. The van der Waals surface area contributed by atoms with Crippen LogP contribution >= 0.6 is 0 Å². The van der Waals surface area contributed by atoms with Gasteiger partial charge in [-0.2, -0.15) is 0 Å². The average molecular weight is 681 g/mol. The fourth-order valence-corrected chi connectivity index (χ4v) is 8.51. The minimum absolute atomic E-state index is 0.0249. The van der Waals surface area contributed by atoms with Gasteiger partial charge in [-0.05, 0) is 85.5 Å². The lowest BCUT2D eigenvalue weighted by Crippen LogP contribution is -2.55. The molecule has 0 aromatic heterocycles. The highest BCUT2D eigenvalue weighted by Crippen LogP contribution is 2.55. The Hall–Kier alpha value is -4.30. The number of piperidine rings is 1. The maximum atomic E-state index is 14.6. The summed E-state index contributed by atoms with van der Waals surface area (Å²) >= 11 is 0. The zero-order valence-electron chi connectivity index (χ0n) is 29.9. The van der Waals surface area contributed by atoms with Gasteiger partial charge in [0, 0.05) is 24.8 Å². The Morgan fingerprint density at radius 1 is 0.880 bits per heavy atom. The van der Waals surface area contributed by atoms with Crippen LogP contribution in [0.5, 0.6) is 11.5 Å². The van der Waals surface area contributed by atoms with Gasteiger partial charge >= 0.3 is 5.97 Å². The smallest absolute Gasteiger partial charge is 0.337 e. The number of carbonyl (C=O) groups is 2. The van der Waals surface area contributed by atoms with E-state index in [4.69, 9.17) is 18.9 Å². The molecule has 0 bridgehead atoms. The minimum Gasteiger partial charge on any atom is -0.504 e. The lowest BCUT2D eigenvalue weighted by molar-refractivity contribution is -0.137. The maximum absolute atomic E-state index is 14.6. The van der Waals surface area contributed by atoms with Crippen molar-refractivity contribution < 1.29 is 28.5 Å². The first-order valence-electron chi connectivity index (χ1n) is 18.4. The van der Waals surface area contributed by atoms with Crippen molar-refractivity contribution in [1.82, 2.24) is 4.90 Å². The molecule has 3 aromatic carbocycles. The van der Waals surface area contributed by atoms with Gasteiger partial charge in [0.05, 0.1) is 38.1 Å². The molecule has 3 aliphatic heterocycles. The molecule has 50 heavy (non-hydrogen) atoms. The molecule has 0 saturated carbocycles. The number of hydrogen-bond donors (Lipinski definition) is 0. The van der Waals surface area contributed by atoms with Crippen LogP contribution in [0.4, 0.5) is 5.69 Å². The minimum atomic E-state index is -0.592. The van der Waals surface area contributed by atoms with Crippen molar-refractivity contribution in [3.8, 4) is 11.5 Å². The maximum Gasteiger partial charge on any atom is 0.337 e. The Kier molecular flexibility index (Phi) is 11.8. The van der Waals surface area contributed by atoms with Crippen molar-refractivity contribution in [2.75, 3.05) is 45.4 Å². The normalized spacial score (nSPS) is 23.1. The van der Waals surface area contributed by atoms with Crippen molar-refractivity contribution in [3.05, 3.63) is 102 Å². The van der Waals surface area contributed by atoms with Gasteiger partial charge in [-0.25, -0.2) is 4.79 Å². The molecule has 4 atom stereocenters. The molecule has 2 saturated heterocycles. The van der Waals surface area contributed by atoms with Crippen molar-refractivity contribution in [2.24, 2.45) is 11.8 Å². The van der Waals surface area contributed by atoms with E-state index in [0.717, 1.165) is 99.3 Å². The molecule has 0 radical (unpaired) electrons. The van der Waals surface area contributed by atoms with Crippen molar-refractivity contribution in [1.29, 1.82) is 0 Å². The lowest BCUT2D eigenvalue weighted by atomic mass is 9.67. The van der Waals surface area contributed by atoms with E-state index in [1.165, 1.54) is 7.11 Å². The molecule has 3 aromatic rings. The standard InChI is InChI=1S/C42H52N2O6/c1-4-32-28-43-25-23-42(39(43)27-35(32)36(30-47-2)40(45)48-3)37-17-11-12-18-38(37)44(41(42)46)24-13-6-5-7-14-26-49-33-19-21-34(22-20-33)50-29-31-15-9-8-10-16-31/h8-12,15-22,30,32,35,39H,4-7,13-14,23-29H2,1-3H3/b36-30+/t32-,35-,39-,42+/m0/s1. The number of fused-ring (bicyclic) bond motifs is 4. The number of unbranched alkanes of at least 4 members (excludes halogenated alkanes) is 4. The summed E-state index contributed by atoms with van der Waals surface area (Å²) in [6.45, 7) is 5.87. The van der Waals surface area contributed by atoms with Crippen LogP contribution in [0.1, 0.15) is 69.4 Å². The molecular weight excluding hydrogens is 628 g/mol. The first kappa shape index (κ1) is 35.5. The van der Waals surface area contributed by atoms with Crippen molar-refractivity contribution in [2.45, 2.75) is 76.4 Å². The van der Waals surface area contributed by atoms with Crippen LogP contribution in [-0.4, -0.2) is 63.3 Å². The number of hydrogen-bond acceptors (Lipinski definition) is 7. The topological polar surface area (TPSA) is 77.5 Å².